The van der Waals surface area contributed by atoms with Crippen LogP contribution >= 0.6 is 11.8 Å². The first-order valence-electron chi connectivity index (χ1n) is 6.83. The van der Waals surface area contributed by atoms with Gasteiger partial charge in [0.25, 0.3) is 0 Å². The number of nitrogens with one attached hydrogen (secondary N) is 2. The summed E-state index contributed by atoms with van der Waals surface area (Å²) in [6, 6.07) is 8.57. The molecule has 0 aliphatic heterocycles. The van der Waals surface area contributed by atoms with Gasteiger partial charge in [0.2, 0.25) is 0 Å². The first kappa shape index (κ1) is 14.9. The van der Waals surface area contributed by atoms with Gasteiger partial charge in [-0.3, -0.25) is 0 Å². The fourth-order valence-electron chi connectivity index (χ4n) is 1.92. The van der Waals surface area contributed by atoms with Crippen LogP contribution in [0, 0.1) is 0 Å². The van der Waals surface area contributed by atoms with Crippen LogP contribution in [0.1, 0.15) is 24.9 Å². The second kappa shape index (κ2) is 7.97. The van der Waals surface area contributed by atoms with Crippen LogP contribution in [0.25, 0.3) is 0 Å². The molecule has 0 bridgehead atoms. The van der Waals surface area contributed by atoms with Crippen molar-refractivity contribution in [2.75, 3.05) is 19.4 Å². The minimum atomic E-state index is 0.316. The number of methoxy groups -OCH3 is 1. The second-order valence-electron chi connectivity index (χ2n) is 4.49. The molecule has 108 valence electrons. The third kappa shape index (κ3) is 4.28. The maximum absolute atomic E-state index is 5.21. The number of aromatic nitrogens is 2. The van der Waals surface area contributed by atoms with Gasteiger partial charge in [-0.15, -0.1) is 0 Å². The summed E-state index contributed by atoms with van der Waals surface area (Å²) in [4.78, 5) is 7.37. The maximum atomic E-state index is 5.21. The lowest BCUT2D eigenvalue weighted by Gasteiger charge is -2.18. The Morgan fingerprint density at radius 3 is 2.75 bits per heavy atom. The van der Waals surface area contributed by atoms with Crippen molar-refractivity contribution < 1.29 is 4.74 Å². The Hall–Kier alpha value is -1.46. The highest BCUT2D eigenvalue weighted by atomic mass is 32.2. The van der Waals surface area contributed by atoms with Crippen LogP contribution in [0.4, 0.5) is 0 Å². The molecule has 1 heterocycles. The molecule has 0 aliphatic rings. The third-order valence-electron chi connectivity index (χ3n) is 3.02. The molecule has 4 nitrogen and oxygen atoms in total. The molecule has 1 unspecified atom stereocenters. The van der Waals surface area contributed by atoms with Gasteiger partial charge >= 0.3 is 0 Å². The summed E-state index contributed by atoms with van der Waals surface area (Å²) in [5.41, 5.74) is 1.28. The zero-order valence-electron chi connectivity index (χ0n) is 11.9. The van der Waals surface area contributed by atoms with E-state index < -0.39 is 0 Å². The number of rotatable bonds is 8. The average Bonchev–Trinajstić information content (AvgIpc) is 3.01. The Morgan fingerprint density at radius 1 is 1.35 bits per heavy atom. The molecule has 2 aromatic rings. The predicted molar refractivity (Wildman–Crippen MR) is 83.3 cm³/mol. The number of hydrogen-bond donors (Lipinski definition) is 2. The van der Waals surface area contributed by atoms with Crippen molar-refractivity contribution in [3.05, 3.63) is 42.2 Å². The summed E-state index contributed by atoms with van der Waals surface area (Å²) >= 11 is 1.73. The van der Waals surface area contributed by atoms with Gasteiger partial charge < -0.3 is 15.0 Å². The van der Waals surface area contributed by atoms with Gasteiger partial charge in [0.1, 0.15) is 5.75 Å². The molecule has 0 spiro atoms. The Balaban J connectivity index is 2.01. The first-order valence-corrected chi connectivity index (χ1v) is 7.81. The number of aromatic amines is 1. The number of benzene rings is 1. The van der Waals surface area contributed by atoms with Gasteiger partial charge in [-0.1, -0.05) is 30.8 Å². The van der Waals surface area contributed by atoms with Crippen molar-refractivity contribution in [2.45, 2.75) is 24.5 Å². The van der Waals surface area contributed by atoms with Crippen LogP contribution in [0.15, 0.2) is 41.8 Å². The SMILES string of the molecule is CCCNC(CSc1ncc[nH]1)c1ccc(OC)cc1. The Bertz CT molecular complexity index is 484. The number of H-pyrrole nitrogens is 1. The van der Waals surface area contributed by atoms with Crippen LogP contribution in [0.5, 0.6) is 5.75 Å². The molecular formula is C15H21N3OS. The summed E-state index contributed by atoms with van der Waals surface area (Å²) < 4.78 is 5.21. The van der Waals surface area contributed by atoms with Gasteiger partial charge in [-0.05, 0) is 30.7 Å². The topological polar surface area (TPSA) is 49.9 Å². The molecule has 20 heavy (non-hydrogen) atoms. The maximum Gasteiger partial charge on any atom is 0.165 e. The number of nitrogens with zero attached hydrogens (tertiary/aromatic N) is 1. The Morgan fingerprint density at radius 2 is 2.15 bits per heavy atom. The van der Waals surface area contributed by atoms with Crippen molar-refractivity contribution >= 4 is 11.8 Å². The second-order valence-corrected chi connectivity index (χ2v) is 5.49. The van der Waals surface area contributed by atoms with E-state index in [1.54, 1.807) is 25.1 Å². The highest BCUT2D eigenvalue weighted by Crippen LogP contribution is 2.24. The zero-order chi connectivity index (χ0) is 14.2. The largest absolute Gasteiger partial charge is 0.497 e. The first-order chi connectivity index (χ1) is 9.83. The monoisotopic (exact) mass is 291 g/mol. The van der Waals surface area contributed by atoms with E-state index in [9.17, 15) is 0 Å². The minimum absolute atomic E-state index is 0.316. The quantitative estimate of drug-likeness (QED) is 0.733. The van der Waals surface area contributed by atoms with E-state index in [1.165, 1.54) is 5.56 Å². The number of hydrogen-bond acceptors (Lipinski definition) is 4. The van der Waals surface area contributed by atoms with E-state index in [0.717, 1.165) is 29.6 Å². The molecule has 2 N–H and O–H groups in total. The van der Waals surface area contributed by atoms with Crippen molar-refractivity contribution in [3.8, 4) is 5.75 Å². The van der Waals surface area contributed by atoms with Crippen molar-refractivity contribution in [1.29, 1.82) is 0 Å². The number of thioether (sulfide) groups is 1. The van der Waals surface area contributed by atoms with E-state index >= 15 is 0 Å². The van der Waals surface area contributed by atoms with Crippen LogP contribution in [-0.2, 0) is 0 Å². The van der Waals surface area contributed by atoms with Crippen LogP contribution in [-0.4, -0.2) is 29.4 Å². The van der Waals surface area contributed by atoms with Crippen molar-refractivity contribution in [3.63, 3.8) is 0 Å². The standard InChI is InChI=1S/C15H21N3OS/c1-3-8-16-14(11-20-15-17-9-10-18-15)12-4-6-13(19-2)7-5-12/h4-7,9-10,14,16H,3,8,11H2,1-2H3,(H,17,18). The molecule has 0 saturated carbocycles. The van der Waals surface area contributed by atoms with E-state index in [-0.39, 0.29) is 0 Å². The van der Waals surface area contributed by atoms with Gasteiger partial charge in [0.15, 0.2) is 5.16 Å². The summed E-state index contributed by atoms with van der Waals surface area (Å²) in [5, 5.41) is 4.54. The molecule has 0 fully saturated rings. The lowest BCUT2D eigenvalue weighted by molar-refractivity contribution is 0.414. The average molecular weight is 291 g/mol. The number of imidazole rings is 1. The third-order valence-corrected chi connectivity index (χ3v) is 4.02. The normalized spacial score (nSPS) is 12.3. The minimum Gasteiger partial charge on any atom is -0.497 e. The molecule has 1 atom stereocenters. The van der Waals surface area contributed by atoms with E-state index in [0.29, 0.717) is 6.04 Å². The van der Waals surface area contributed by atoms with E-state index in [2.05, 4.69) is 34.3 Å². The van der Waals surface area contributed by atoms with Gasteiger partial charge in [-0.2, -0.15) is 0 Å². The summed E-state index contributed by atoms with van der Waals surface area (Å²) in [6.45, 7) is 3.19. The molecule has 0 aliphatic carbocycles. The lowest BCUT2D eigenvalue weighted by atomic mass is 10.1. The summed E-state index contributed by atoms with van der Waals surface area (Å²) in [6.07, 6.45) is 4.76. The predicted octanol–water partition coefficient (Wildman–Crippen LogP) is 3.25. The Labute approximate surface area is 124 Å². The Kier molecular flexibility index (Phi) is 5.95. The zero-order valence-corrected chi connectivity index (χ0v) is 12.7. The molecule has 0 saturated heterocycles. The lowest BCUT2D eigenvalue weighted by Crippen LogP contribution is -2.24. The smallest absolute Gasteiger partial charge is 0.165 e. The highest BCUT2D eigenvalue weighted by molar-refractivity contribution is 7.99. The molecule has 0 radical (unpaired) electrons. The van der Waals surface area contributed by atoms with Crippen LogP contribution in [0.3, 0.4) is 0 Å². The van der Waals surface area contributed by atoms with Gasteiger partial charge in [-0.25, -0.2) is 4.98 Å². The molecular weight excluding hydrogens is 270 g/mol. The van der Waals surface area contributed by atoms with Crippen molar-refractivity contribution in [1.82, 2.24) is 15.3 Å². The number of ether oxygens (including phenoxy) is 1. The van der Waals surface area contributed by atoms with Gasteiger partial charge in [0, 0.05) is 24.2 Å². The fourth-order valence-corrected chi connectivity index (χ4v) is 2.84. The van der Waals surface area contributed by atoms with Crippen LogP contribution < -0.4 is 10.1 Å². The molecule has 0 amide bonds. The highest BCUT2D eigenvalue weighted by Gasteiger charge is 2.12. The molecule has 1 aromatic carbocycles. The summed E-state index contributed by atoms with van der Waals surface area (Å²) in [5.74, 6) is 1.83. The van der Waals surface area contributed by atoms with Crippen molar-refractivity contribution in [2.24, 2.45) is 0 Å². The van der Waals surface area contributed by atoms with Gasteiger partial charge in [0.05, 0.1) is 7.11 Å². The fraction of sp³-hybridized carbons (Fsp3) is 0.400. The molecule has 1 aromatic heterocycles. The summed E-state index contributed by atoms with van der Waals surface area (Å²) in [7, 11) is 1.69. The van der Waals surface area contributed by atoms with E-state index in [4.69, 9.17) is 4.74 Å². The van der Waals surface area contributed by atoms with E-state index in [1.807, 2.05) is 18.3 Å². The molecule has 5 heteroatoms. The van der Waals surface area contributed by atoms with Crippen LogP contribution in [0.2, 0.25) is 0 Å². The molecule has 2 rings (SSSR count).